The van der Waals surface area contributed by atoms with Crippen molar-refractivity contribution in [3.8, 4) is 11.4 Å². The van der Waals surface area contributed by atoms with Crippen molar-refractivity contribution in [2.75, 3.05) is 13.7 Å². The zero-order valence-corrected chi connectivity index (χ0v) is 17.5. The molecule has 3 aromatic rings. The Balaban J connectivity index is 2.02. The molecule has 0 radical (unpaired) electrons. The van der Waals surface area contributed by atoms with Crippen molar-refractivity contribution in [2.24, 2.45) is 0 Å². The number of methoxy groups -OCH3 is 1. The minimum Gasteiger partial charge on any atom is -0.494 e. The van der Waals surface area contributed by atoms with Gasteiger partial charge in [0.1, 0.15) is 16.8 Å². The van der Waals surface area contributed by atoms with Crippen LogP contribution in [-0.2, 0) is 16.0 Å². The molecule has 0 spiro atoms. The van der Waals surface area contributed by atoms with Gasteiger partial charge in [0.2, 0.25) is 0 Å². The van der Waals surface area contributed by atoms with E-state index in [9.17, 15) is 14.4 Å². The van der Waals surface area contributed by atoms with Crippen molar-refractivity contribution in [1.82, 2.24) is 24.7 Å². The third kappa shape index (κ3) is 4.98. The van der Waals surface area contributed by atoms with Gasteiger partial charge in [-0.3, -0.25) is 19.1 Å². The lowest BCUT2D eigenvalue weighted by molar-refractivity contribution is -0.139. The van der Waals surface area contributed by atoms with Crippen LogP contribution in [0.4, 0.5) is 0 Å². The topological polar surface area (TPSA) is 132 Å². The van der Waals surface area contributed by atoms with Crippen LogP contribution >= 0.6 is 11.8 Å². The molecule has 2 heterocycles. The van der Waals surface area contributed by atoms with Gasteiger partial charge < -0.3 is 14.5 Å². The van der Waals surface area contributed by atoms with Crippen LogP contribution in [0.25, 0.3) is 5.69 Å². The first-order chi connectivity index (χ1) is 14.4. The molecule has 0 aliphatic heterocycles. The van der Waals surface area contributed by atoms with E-state index in [0.29, 0.717) is 29.0 Å². The highest BCUT2D eigenvalue weighted by molar-refractivity contribution is 8.00. The fourth-order valence-electron chi connectivity index (χ4n) is 2.77. The Morgan fingerprint density at radius 3 is 2.57 bits per heavy atom. The molecular weight excluding hydrogens is 410 g/mol. The minimum absolute atomic E-state index is 0.159. The van der Waals surface area contributed by atoms with Gasteiger partial charge in [0.05, 0.1) is 13.7 Å². The first-order valence-electron chi connectivity index (χ1n) is 9.15. The molecule has 0 aliphatic rings. The van der Waals surface area contributed by atoms with Gasteiger partial charge >= 0.3 is 11.7 Å². The number of benzene rings is 1. The van der Waals surface area contributed by atoms with E-state index >= 15 is 0 Å². The third-order valence-electron chi connectivity index (χ3n) is 4.09. The molecule has 0 unspecified atom stereocenters. The van der Waals surface area contributed by atoms with Gasteiger partial charge in [-0.15, -0.1) is 10.2 Å². The molecular formula is C19H21N5O5S. The zero-order chi connectivity index (χ0) is 21.7. The van der Waals surface area contributed by atoms with Crippen molar-refractivity contribution >= 4 is 17.7 Å². The van der Waals surface area contributed by atoms with Gasteiger partial charge in [0.25, 0.3) is 5.56 Å². The maximum absolute atomic E-state index is 11.9. The molecule has 10 nitrogen and oxygen atoms in total. The molecule has 2 aromatic heterocycles. The number of thioether (sulfide) groups is 1. The molecule has 158 valence electrons. The molecule has 0 aliphatic carbocycles. The van der Waals surface area contributed by atoms with E-state index in [-0.39, 0.29) is 12.4 Å². The maximum atomic E-state index is 11.9. The number of nitrogens with one attached hydrogen (secondary N) is 2. The predicted molar refractivity (Wildman–Crippen MR) is 110 cm³/mol. The highest BCUT2D eigenvalue weighted by Crippen LogP contribution is 2.27. The molecule has 2 N–H and O–H groups in total. The van der Waals surface area contributed by atoms with Gasteiger partial charge in [-0.05, 0) is 38.1 Å². The lowest BCUT2D eigenvalue weighted by atomic mass is 10.2. The number of hydrogen-bond donors (Lipinski definition) is 2. The molecule has 1 atom stereocenters. The van der Waals surface area contributed by atoms with Crippen LogP contribution in [0.5, 0.6) is 5.75 Å². The second-order valence-corrected chi connectivity index (χ2v) is 7.54. The zero-order valence-electron chi connectivity index (χ0n) is 16.7. The SMILES string of the molecule is CCOc1ccc(-n2c(Cc3cc(=O)[nH]c(=O)[nH]3)nnc2S[C@@H](C)C(=O)OC)cc1. The predicted octanol–water partition coefficient (Wildman–Crippen LogP) is 1.29. The molecule has 3 rings (SSSR count). The Hall–Kier alpha value is -3.34. The third-order valence-corrected chi connectivity index (χ3v) is 5.11. The van der Waals surface area contributed by atoms with Gasteiger partial charge in [-0.1, -0.05) is 11.8 Å². The van der Waals surface area contributed by atoms with E-state index in [0.717, 1.165) is 5.69 Å². The number of aromatic nitrogens is 5. The summed E-state index contributed by atoms with van der Waals surface area (Å²) >= 11 is 1.19. The van der Waals surface area contributed by atoms with Gasteiger partial charge in [-0.2, -0.15) is 0 Å². The van der Waals surface area contributed by atoms with Crippen molar-refractivity contribution < 1.29 is 14.3 Å². The lowest BCUT2D eigenvalue weighted by Crippen LogP contribution is -2.23. The van der Waals surface area contributed by atoms with E-state index in [1.165, 1.54) is 24.9 Å². The van der Waals surface area contributed by atoms with E-state index in [1.54, 1.807) is 11.5 Å². The fraction of sp³-hybridized carbons (Fsp3) is 0.316. The summed E-state index contributed by atoms with van der Waals surface area (Å²) in [6, 6.07) is 8.60. The second-order valence-electron chi connectivity index (χ2n) is 6.23. The van der Waals surface area contributed by atoms with Crippen LogP contribution in [0, 0.1) is 0 Å². The summed E-state index contributed by atoms with van der Waals surface area (Å²) in [5, 5.41) is 8.39. The number of ether oxygens (including phenoxy) is 2. The summed E-state index contributed by atoms with van der Waals surface area (Å²) in [7, 11) is 1.32. The molecule has 0 bridgehead atoms. The Labute approximate surface area is 175 Å². The maximum Gasteiger partial charge on any atom is 0.325 e. The van der Waals surface area contributed by atoms with E-state index in [2.05, 4.69) is 20.2 Å². The fourth-order valence-corrected chi connectivity index (χ4v) is 3.68. The Bertz CT molecular complexity index is 1110. The van der Waals surface area contributed by atoms with Gasteiger partial charge in [0, 0.05) is 23.9 Å². The highest BCUT2D eigenvalue weighted by atomic mass is 32.2. The summed E-state index contributed by atoms with van der Waals surface area (Å²) in [6.45, 7) is 4.16. The smallest absolute Gasteiger partial charge is 0.325 e. The molecule has 0 saturated heterocycles. The van der Waals surface area contributed by atoms with E-state index in [4.69, 9.17) is 9.47 Å². The summed E-state index contributed by atoms with van der Waals surface area (Å²) < 4.78 is 12.0. The normalized spacial score (nSPS) is 11.8. The average molecular weight is 431 g/mol. The van der Waals surface area contributed by atoms with Crippen molar-refractivity contribution in [1.29, 1.82) is 0 Å². The monoisotopic (exact) mass is 431 g/mol. The Morgan fingerprint density at radius 2 is 1.93 bits per heavy atom. The summed E-state index contributed by atoms with van der Waals surface area (Å²) in [6.07, 6.45) is 0.159. The number of aromatic amines is 2. The van der Waals surface area contributed by atoms with Crippen LogP contribution in [0.15, 0.2) is 45.1 Å². The molecule has 1 aromatic carbocycles. The first-order valence-corrected chi connectivity index (χ1v) is 10.0. The Kier molecular flexibility index (Phi) is 6.72. The molecule has 30 heavy (non-hydrogen) atoms. The number of nitrogens with zero attached hydrogens (tertiary/aromatic N) is 3. The van der Waals surface area contributed by atoms with Crippen molar-refractivity contribution in [2.45, 2.75) is 30.7 Å². The lowest BCUT2D eigenvalue weighted by Gasteiger charge is -2.13. The van der Waals surface area contributed by atoms with Crippen molar-refractivity contribution in [3.05, 3.63) is 62.7 Å². The molecule has 0 fully saturated rings. The average Bonchev–Trinajstić information content (AvgIpc) is 3.09. The van der Waals surface area contributed by atoms with Crippen LogP contribution < -0.4 is 16.0 Å². The number of carbonyl (C=O) groups is 1. The van der Waals surface area contributed by atoms with Crippen LogP contribution in [0.1, 0.15) is 25.4 Å². The van der Waals surface area contributed by atoms with Crippen LogP contribution in [0.3, 0.4) is 0 Å². The summed E-state index contributed by atoms with van der Waals surface area (Å²) in [5.74, 6) is 0.814. The largest absolute Gasteiger partial charge is 0.494 e. The minimum atomic E-state index is -0.599. The number of esters is 1. The quantitative estimate of drug-likeness (QED) is 0.403. The van der Waals surface area contributed by atoms with Crippen LogP contribution in [-0.4, -0.2) is 49.7 Å². The molecule has 0 amide bonds. The van der Waals surface area contributed by atoms with Gasteiger partial charge in [0.15, 0.2) is 5.16 Å². The number of hydrogen-bond acceptors (Lipinski definition) is 8. The highest BCUT2D eigenvalue weighted by Gasteiger charge is 2.22. The number of carbonyl (C=O) groups excluding carboxylic acids is 1. The summed E-state index contributed by atoms with van der Waals surface area (Å²) in [5.41, 5.74) is 0.0273. The van der Waals surface area contributed by atoms with Gasteiger partial charge in [-0.25, -0.2) is 4.79 Å². The molecule has 11 heteroatoms. The number of H-pyrrole nitrogens is 2. The van der Waals surface area contributed by atoms with E-state index < -0.39 is 16.5 Å². The molecule has 0 saturated carbocycles. The standard InChI is InChI=1S/C19H21N5O5S/c1-4-29-14-7-5-13(6-8-14)24-15(9-12-10-16(25)21-18(27)20-12)22-23-19(24)30-11(2)17(26)28-3/h5-8,10-11H,4,9H2,1-3H3,(H2,20,21,25,27)/t11-/m0/s1. The first kappa shape index (κ1) is 21.4. The Morgan fingerprint density at radius 1 is 1.20 bits per heavy atom. The van der Waals surface area contributed by atoms with E-state index in [1.807, 2.05) is 31.2 Å². The number of rotatable bonds is 8. The van der Waals surface area contributed by atoms with Crippen LogP contribution in [0.2, 0.25) is 0 Å². The summed E-state index contributed by atoms with van der Waals surface area (Å²) in [4.78, 5) is 39.8. The second kappa shape index (κ2) is 9.44. The van der Waals surface area contributed by atoms with Crippen molar-refractivity contribution in [3.63, 3.8) is 0 Å².